The molecule has 0 aliphatic carbocycles. The Morgan fingerprint density at radius 3 is 3.10 bits per heavy atom. The van der Waals surface area contributed by atoms with Crippen LogP contribution in [0.2, 0.25) is 0 Å². The highest BCUT2D eigenvalue weighted by atomic mass is 32.1. The number of carbonyl (C=O) groups excluding carboxylic acids is 1. The lowest BCUT2D eigenvalue weighted by Gasteiger charge is -2.26. The molecule has 108 valence electrons. The number of amides is 1. The van der Waals surface area contributed by atoms with Crippen molar-refractivity contribution in [1.29, 1.82) is 0 Å². The molecule has 1 N–H and O–H groups in total. The highest BCUT2D eigenvalue weighted by Gasteiger charge is 2.17. The molecule has 0 bridgehead atoms. The van der Waals surface area contributed by atoms with Crippen LogP contribution in [-0.2, 0) is 9.53 Å². The van der Waals surface area contributed by atoms with Crippen molar-refractivity contribution < 1.29 is 9.53 Å². The summed E-state index contributed by atoms with van der Waals surface area (Å²) in [6.07, 6.45) is 3.93. The van der Waals surface area contributed by atoms with Crippen molar-refractivity contribution >= 4 is 22.2 Å². The molecular formula is C13H18N4O2S. The van der Waals surface area contributed by atoms with Crippen LogP contribution < -0.4 is 5.32 Å². The van der Waals surface area contributed by atoms with Gasteiger partial charge in [0.25, 0.3) is 0 Å². The van der Waals surface area contributed by atoms with Crippen molar-refractivity contribution in [2.24, 2.45) is 0 Å². The van der Waals surface area contributed by atoms with E-state index in [-0.39, 0.29) is 11.9 Å². The first-order valence-electron chi connectivity index (χ1n) is 6.74. The molecule has 0 aromatic carbocycles. The summed E-state index contributed by atoms with van der Waals surface area (Å²) in [5.41, 5.74) is 0.896. The fourth-order valence-electron chi connectivity index (χ4n) is 2.28. The minimum Gasteiger partial charge on any atom is -0.379 e. The van der Waals surface area contributed by atoms with Crippen molar-refractivity contribution in [3.8, 4) is 0 Å². The number of morpholine rings is 1. The van der Waals surface area contributed by atoms with E-state index in [1.165, 1.54) is 0 Å². The molecule has 2 aromatic rings. The number of aromatic nitrogens is 2. The zero-order chi connectivity index (χ0) is 13.9. The Kier molecular flexibility index (Phi) is 4.00. The lowest BCUT2D eigenvalue weighted by Crippen LogP contribution is -2.43. The first-order valence-corrected chi connectivity index (χ1v) is 7.62. The molecular weight excluding hydrogens is 276 g/mol. The highest BCUT2D eigenvalue weighted by molar-refractivity contribution is 7.15. The third kappa shape index (κ3) is 3.00. The number of imidazole rings is 1. The maximum atomic E-state index is 12.0. The summed E-state index contributed by atoms with van der Waals surface area (Å²) in [6, 6.07) is -0.0735. The van der Waals surface area contributed by atoms with Gasteiger partial charge in [-0.25, -0.2) is 4.98 Å². The van der Waals surface area contributed by atoms with Gasteiger partial charge in [-0.05, 0) is 6.92 Å². The number of hydrogen-bond acceptors (Lipinski definition) is 5. The van der Waals surface area contributed by atoms with E-state index in [4.69, 9.17) is 4.74 Å². The largest absolute Gasteiger partial charge is 0.379 e. The summed E-state index contributed by atoms with van der Waals surface area (Å²) in [6.45, 7) is 5.45. The number of ether oxygens (including phenoxy) is 1. The zero-order valence-corrected chi connectivity index (χ0v) is 12.2. The minimum absolute atomic E-state index is 0.0377. The van der Waals surface area contributed by atoms with E-state index in [0.29, 0.717) is 19.8 Å². The molecule has 7 heteroatoms. The monoisotopic (exact) mass is 294 g/mol. The first-order chi connectivity index (χ1) is 9.72. The van der Waals surface area contributed by atoms with Crippen LogP contribution in [0.25, 0.3) is 4.96 Å². The van der Waals surface area contributed by atoms with E-state index in [1.54, 1.807) is 11.3 Å². The van der Waals surface area contributed by atoms with E-state index in [2.05, 4.69) is 15.2 Å². The van der Waals surface area contributed by atoms with Gasteiger partial charge in [0.1, 0.15) is 0 Å². The van der Waals surface area contributed by atoms with Crippen molar-refractivity contribution in [3.05, 3.63) is 23.5 Å². The van der Waals surface area contributed by atoms with E-state index < -0.39 is 0 Å². The Morgan fingerprint density at radius 2 is 2.35 bits per heavy atom. The van der Waals surface area contributed by atoms with Crippen LogP contribution in [0.4, 0.5) is 0 Å². The highest BCUT2D eigenvalue weighted by Crippen LogP contribution is 2.16. The smallest absolute Gasteiger partial charge is 0.234 e. The normalized spacial score (nSPS) is 18.2. The molecule has 20 heavy (non-hydrogen) atoms. The number of fused-ring (bicyclic) bond motifs is 1. The molecule has 1 fully saturated rings. The average molecular weight is 294 g/mol. The van der Waals surface area contributed by atoms with E-state index in [0.717, 1.165) is 23.7 Å². The molecule has 1 aliphatic heterocycles. The van der Waals surface area contributed by atoms with Crippen LogP contribution in [0.3, 0.4) is 0 Å². The van der Waals surface area contributed by atoms with Crippen LogP contribution in [0.1, 0.15) is 18.7 Å². The first kappa shape index (κ1) is 13.5. The fraction of sp³-hybridized carbons (Fsp3) is 0.538. The predicted octanol–water partition coefficient (Wildman–Crippen LogP) is 0.905. The second-order valence-electron chi connectivity index (χ2n) is 4.94. The maximum absolute atomic E-state index is 12.0. The quantitative estimate of drug-likeness (QED) is 0.910. The number of rotatable bonds is 4. The molecule has 1 saturated heterocycles. The number of carbonyl (C=O) groups is 1. The van der Waals surface area contributed by atoms with Crippen molar-refractivity contribution in [2.75, 3.05) is 32.8 Å². The molecule has 1 amide bonds. The third-order valence-corrected chi connectivity index (χ3v) is 4.17. The topological polar surface area (TPSA) is 58.9 Å². The Balaban J connectivity index is 1.56. The van der Waals surface area contributed by atoms with Crippen LogP contribution in [-0.4, -0.2) is 53.0 Å². The molecule has 1 atom stereocenters. The molecule has 3 heterocycles. The second-order valence-corrected chi connectivity index (χ2v) is 5.81. The molecule has 0 radical (unpaired) electrons. The predicted molar refractivity (Wildman–Crippen MR) is 76.9 cm³/mol. The van der Waals surface area contributed by atoms with Gasteiger partial charge >= 0.3 is 0 Å². The lowest BCUT2D eigenvalue weighted by molar-refractivity contribution is -0.123. The SMILES string of the molecule is C[C@H](NC(=O)CN1CCOCC1)c1cn2ccsc2n1. The van der Waals surface area contributed by atoms with Gasteiger partial charge < -0.3 is 10.1 Å². The summed E-state index contributed by atoms with van der Waals surface area (Å²) in [7, 11) is 0. The van der Waals surface area contributed by atoms with E-state index >= 15 is 0 Å². The third-order valence-electron chi connectivity index (χ3n) is 3.40. The Bertz CT molecular complexity index is 559. The van der Waals surface area contributed by atoms with Gasteiger partial charge in [-0.3, -0.25) is 14.1 Å². The molecule has 0 unspecified atom stereocenters. The standard InChI is InChI=1S/C13H18N4O2S/c1-10(11-8-17-4-7-20-13(17)15-11)14-12(18)9-16-2-5-19-6-3-16/h4,7-8,10H,2-3,5-6,9H2,1H3,(H,14,18)/t10-/m0/s1. The van der Waals surface area contributed by atoms with Crippen LogP contribution >= 0.6 is 11.3 Å². The van der Waals surface area contributed by atoms with Crippen molar-refractivity contribution in [2.45, 2.75) is 13.0 Å². The second kappa shape index (κ2) is 5.90. The van der Waals surface area contributed by atoms with E-state index in [1.807, 2.05) is 29.1 Å². The summed E-state index contributed by atoms with van der Waals surface area (Å²) in [5.74, 6) is 0.0377. The average Bonchev–Trinajstić information content (AvgIpc) is 3.00. The van der Waals surface area contributed by atoms with E-state index in [9.17, 15) is 4.79 Å². The molecule has 0 spiro atoms. The number of nitrogens with one attached hydrogen (secondary N) is 1. The summed E-state index contributed by atoms with van der Waals surface area (Å²) in [4.78, 5) is 19.6. The molecule has 0 saturated carbocycles. The van der Waals surface area contributed by atoms with Gasteiger partial charge in [0.15, 0.2) is 4.96 Å². The van der Waals surface area contributed by atoms with Crippen LogP contribution in [0.5, 0.6) is 0 Å². The van der Waals surface area contributed by atoms with Crippen molar-refractivity contribution in [1.82, 2.24) is 19.6 Å². The fourth-order valence-corrected chi connectivity index (χ4v) is 2.98. The molecule has 1 aliphatic rings. The Morgan fingerprint density at radius 1 is 1.55 bits per heavy atom. The summed E-state index contributed by atoms with van der Waals surface area (Å²) < 4.78 is 7.25. The zero-order valence-electron chi connectivity index (χ0n) is 11.4. The number of hydrogen-bond donors (Lipinski definition) is 1. The molecule has 2 aromatic heterocycles. The van der Waals surface area contributed by atoms with Crippen LogP contribution in [0, 0.1) is 0 Å². The minimum atomic E-state index is -0.0735. The summed E-state index contributed by atoms with van der Waals surface area (Å²) in [5, 5.41) is 5.00. The van der Waals surface area contributed by atoms with Gasteiger partial charge in [-0.1, -0.05) is 0 Å². The maximum Gasteiger partial charge on any atom is 0.234 e. The summed E-state index contributed by atoms with van der Waals surface area (Å²) >= 11 is 1.59. The van der Waals surface area contributed by atoms with Crippen LogP contribution in [0.15, 0.2) is 17.8 Å². The van der Waals surface area contributed by atoms with Gasteiger partial charge in [0.05, 0.1) is 31.5 Å². The van der Waals surface area contributed by atoms with Gasteiger partial charge in [0, 0.05) is 30.9 Å². The van der Waals surface area contributed by atoms with Gasteiger partial charge in [-0.15, -0.1) is 11.3 Å². The molecule has 3 rings (SSSR count). The van der Waals surface area contributed by atoms with Crippen molar-refractivity contribution in [3.63, 3.8) is 0 Å². The van der Waals surface area contributed by atoms with Gasteiger partial charge in [-0.2, -0.15) is 0 Å². The Labute approximate surface area is 121 Å². The van der Waals surface area contributed by atoms with Gasteiger partial charge in [0.2, 0.25) is 5.91 Å². The Hall–Kier alpha value is -1.44. The molecule has 6 nitrogen and oxygen atoms in total. The number of nitrogens with zero attached hydrogens (tertiary/aromatic N) is 3. The lowest BCUT2D eigenvalue weighted by atomic mass is 10.2. The number of thiazole rings is 1.